The van der Waals surface area contributed by atoms with Crippen LogP contribution in [0.15, 0.2) is 22.8 Å². The Morgan fingerprint density at radius 1 is 1.05 bits per heavy atom. The van der Waals surface area contributed by atoms with Crippen LogP contribution in [-0.2, 0) is 19.1 Å². The number of hydrogen-bond acceptors (Lipinski definition) is 6. The average molecular weight is 531 g/mol. The zero-order chi connectivity index (χ0) is 28.2. The van der Waals surface area contributed by atoms with Crippen LogP contribution in [0.3, 0.4) is 0 Å². The Morgan fingerprint density at radius 2 is 1.74 bits per heavy atom. The van der Waals surface area contributed by atoms with E-state index in [1.54, 1.807) is 13.0 Å². The minimum absolute atomic E-state index is 0.00808. The number of hydrogen-bond donors (Lipinski definition) is 3. The lowest BCUT2D eigenvalue weighted by Crippen LogP contribution is -2.65. The fraction of sp³-hybridized carbons (Fsp3) is 0.774. The number of carboxylic acids is 1. The lowest BCUT2D eigenvalue weighted by Gasteiger charge is -2.69. The van der Waals surface area contributed by atoms with Crippen LogP contribution in [0.4, 0.5) is 0 Å². The van der Waals surface area contributed by atoms with E-state index >= 15 is 0 Å². The van der Waals surface area contributed by atoms with E-state index in [0.29, 0.717) is 36.3 Å². The van der Waals surface area contributed by atoms with Crippen molar-refractivity contribution in [2.75, 3.05) is 0 Å². The van der Waals surface area contributed by atoms with Crippen molar-refractivity contribution in [3.8, 4) is 0 Å². The summed E-state index contributed by atoms with van der Waals surface area (Å²) in [6.07, 6.45) is 5.92. The summed E-state index contributed by atoms with van der Waals surface area (Å²) in [5.41, 5.74) is 0.645. The van der Waals surface area contributed by atoms with Gasteiger partial charge in [-0.15, -0.1) is 0 Å². The van der Waals surface area contributed by atoms with Crippen LogP contribution in [0, 0.1) is 39.9 Å². The Hall–Kier alpha value is -1.99. The molecule has 0 saturated heterocycles. The molecule has 0 bridgehead atoms. The molecule has 4 aliphatic rings. The van der Waals surface area contributed by atoms with Crippen LogP contribution in [0.5, 0.6) is 0 Å². The number of aldehydes is 1. The lowest BCUT2D eigenvalue weighted by molar-refractivity contribution is -0.234. The zero-order valence-corrected chi connectivity index (χ0v) is 23.8. The second kappa shape index (κ2) is 10.2. The number of carbonyl (C=O) groups is 3. The quantitative estimate of drug-likeness (QED) is 0.255. The van der Waals surface area contributed by atoms with E-state index in [2.05, 4.69) is 27.7 Å². The topological polar surface area (TPSA) is 121 Å². The van der Waals surface area contributed by atoms with E-state index in [4.69, 9.17) is 4.74 Å². The molecule has 4 saturated carbocycles. The Morgan fingerprint density at radius 3 is 2.34 bits per heavy atom. The maximum atomic E-state index is 12.6. The second-order valence-electron chi connectivity index (χ2n) is 13.4. The molecule has 7 heteroatoms. The van der Waals surface area contributed by atoms with Crippen LogP contribution in [0.1, 0.15) is 92.9 Å². The van der Waals surface area contributed by atoms with Crippen LogP contribution in [0.25, 0.3) is 0 Å². The molecule has 38 heavy (non-hydrogen) atoms. The van der Waals surface area contributed by atoms with Gasteiger partial charge in [0.1, 0.15) is 12.4 Å². The molecule has 4 aliphatic carbocycles. The SMILES string of the molecule is CC(=O)O[C@H]1C[C@@]2(C)C(C[C@@H](O)C3[C@@]4(C)CC[C@@H](O)[C@@H](C)C4CC[C@@]32C)/C1=C(\CC/C=C(\C)C=O)C(=O)O. The molecule has 0 radical (unpaired) electrons. The first-order valence-electron chi connectivity index (χ1n) is 14.3. The van der Waals surface area contributed by atoms with Gasteiger partial charge in [0.05, 0.1) is 12.2 Å². The molecule has 3 unspecified atom stereocenters. The molecule has 0 heterocycles. The molecular formula is C31H46O7. The van der Waals surface area contributed by atoms with Gasteiger partial charge in [0.25, 0.3) is 0 Å². The predicted molar refractivity (Wildman–Crippen MR) is 143 cm³/mol. The van der Waals surface area contributed by atoms with Crippen LogP contribution in [0.2, 0.25) is 0 Å². The van der Waals surface area contributed by atoms with Gasteiger partial charge in [-0.25, -0.2) is 4.79 Å². The van der Waals surface area contributed by atoms with E-state index in [-0.39, 0.29) is 52.1 Å². The maximum absolute atomic E-state index is 12.6. The smallest absolute Gasteiger partial charge is 0.331 e. The molecule has 4 rings (SSSR count). The summed E-state index contributed by atoms with van der Waals surface area (Å²) in [4.78, 5) is 35.9. The molecule has 0 aromatic carbocycles. The predicted octanol–water partition coefficient (Wildman–Crippen LogP) is 4.85. The molecule has 7 nitrogen and oxygen atoms in total. The average Bonchev–Trinajstić information content (AvgIpc) is 3.10. The number of aliphatic hydroxyl groups is 2. The van der Waals surface area contributed by atoms with Gasteiger partial charge in [-0.1, -0.05) is 33.8 Å². The van der Waals surface area contributed by atoms with Crippen molar-refractivity contribution in [2.45, 2.75) is 111 Å². The van der Waals surface area contributed by atoms with Crippen molar-refractivity contribution < 1.29 is 34.4 Å². The minimum atomic E-state index is -1.04. The number of aliphatic carboxylic acids is 1. The van der Waals surface area contributed by atoms with E-state index < -0.39 is 24.1 Å². The third kappa shape index (κ3) is 4.38. The highest BCUT2D eigenvalue weighted by atomic mass is 16.5. The molecule has 10 atom stereocenters. The number of carboxylic acid groups (broad SMARTS) is 1. The van der Waals surface area contributed by atoms with Gasteiger partial charge in [0.2, 0.25) is 0 Å². The van der Waals surface area contributed by atoms with Gasteiger partial charge in [0.15, 0.2) is 0 Å². The van der Waals surface area contributed by atoms with E-state index in [0.717, 1.165) is 32.0 Å². The summed E-state index contributed by atoms with van der Waals surface area (Å²) in [7, 11) is 0. The molecule has 0 aromatic heterocycles. The number of esters is 1. The number of rotatable bonds is 6. The van der Waals surface area contributed by atoms with Crippen LogP contribution in [-0.4, -0.2) is 51.9 Å². The molecule has 0 aliphatic heterocycles. The molecule has 3 N–H and O–H groups in total. The largest absolute Gasteiger partial charge is 0.478 e. The monoisotopic (exact) mass is 530 g/mol. The Bertz CT molecular complexity index is 1040. The summed E-state index contributed by atoms with van der Waals surface area (Å²) >= 11 is 0. The summed E-state index contributed by atoms with van der Waals surface area (Å²) in [6.45, 7) is 12.0. The van der Waals surface area contributed by atoms with Gasteiger partial charge < -0.3 is 20.1 Å². The molecule has 0 aromatic rings. The molecule has 0 amide bonds. The molecule has 4 fully saturated rings. The summed E-state index contributed by atoms with van der Waals surface area (Å²) in [6, 6.07) is 0. The highest BCUT2D eigenvalue weighted by Gasteiger charge is 2.70. The number of fused-ring (bicyclic) bond motifs is 5. The van der Waals surface area contributed by atoms with Crippen molar-refractivity contribution in [1.82, 2.24) is 0 Å². The standard InChI is InChI=1S/C31H46O7/c1-17(16-32)8-7-9-20(28(36)37)26-22-14-24(35)27-29(4)12-11-23(34)18(2)21(29)10-13-30(27,5)31(22,6)15-25(26)38-19(3)33/h8,16,18,21-25,27,34-35H,7,9-15H2,1-6H3,(H,36,37)/b17-8+,26-20-/t18-,21?,22?,23+,24+,25-,27?,29-,30-,31-/m0/s1. The van der Waals surface area contributed by atoms with Crippen molar-refractivity contribution >= 4 is 18.2 Å². The number of ether oxygens (including phenoxy) is 1. The van der Waals surface area contributed by atoms with E-state index in [9.17, 15) is 29.7 Å². The van der Waals surface area contributed by atoms with Crippen LogP contribution >= 0.6 is 0 Å². The first kappa shape index (κ1) is 29.0. The Labute approximate surface area is 226 Å². The zero-order valence-electron chi connectivity index (χ0n) is 23.8. The first-order valence-corrected chi connectivity index (χ1v) is 14.3. The molecule has 0 spiro atoms. The Kier molecular flexibility index (Phi) is 7.78. The summed E-state index contributed by atoms with van der Waals surface area (Å²) in [5.74, 6) is -1.20. The Balaban J connectivity index is 1.81. The van der Waals surface area contributed by atoms with Gasteiger partial charge in [-0.05, 0) is 109 Å². The third-order valence-electron chi connectivity index (χ3n) is 11.7. The first-order chi connectivity index (χ1) is 17.7. The maximum Gasteiger partial charge on any atom is 0.331 e. The fourth-order valence-corrected chi connectivity index (χ4v) is 9.78. The molecular weight excluding hydrogens is 484 g/mol. The number of carbonyl (C=O) groups excluding carboxylic acids is 2. The fourth-order valence-electron chi connectivity index (χ4n) is 9.78. The van der Waals surface area contributed by atoms with Gasteiger partial charge in [-0.2, -0.15) is 0 Å². The summed E-state index contributed by atoms with van der Waals surface area (Å²) < 4.78 is 5.84. The number of aliphatic hydroxyl groups excluding tert-OH is 2. The highest BCUT2D eigenvalue weighted by molar-refractivity contribution is 5.88. The van der Waals surface area contributed by atoms with Gasteiger partial charge in [0, 0.05) is 12.5 Å². The van der Waals surface area contributed by atoms with Crippen LogP contribution < -0.4 is 0 Å². The van der Waals surface area contributed by atoms with Crippen molar-refractivity contribution in [2.24, 2.45) is 39.9 Å². The van der Waals surface area contributed by atoms with Crippen molar-refractivity contribution in [3.63, 3.8) is 0 Å². The van der Waals surface area contributed by atoms with Gasteiger partial charge >= 0.3 is 11.9 Å². The third-order valence-corrected chi connectivity index (χ3v) is 11.7. The second-order valence-corrected chi connectivity index (χ2v) is 13.4. The summed E-state index contributed by atoms with van der Waals surface area (Å²) in [5, 5.41) is 32.9. The van der Waals surface area contributed by atoms with Crippen molar-refractivity contribution in [3.05, 3.63) is 22.8 Å². The molecule has 212 valence electrons. The van der Waals surface area contributed by atoms with E-state index in [1.807, 2.05) is 0 Å². The highest BCUT2D eigenvalue weighted by Crippen LogP contribution is 2.74. The lowest BCUT2D eigenvalue weighted by atomic mass is 9.36. The number of allylic oxidation sites excluding steroid dienone is 2. The normalized spacial score (nSPS) is 45.9. The van der Waals surface area contributed by atoms with E-state index in [1.165, 1.54) is 6.92 Å². The van der Waals surface area contributed by atoms with Crippen molar-refractivity contribution in [1.29, 1.82) is 0 Å². The van der Waals surface area contributed by atoms with Gasteiger partial charge in [-0.3, -0.25) is 9.59 Å². The minimum Gasteiger partial charge on any atom is -0.478 e.